The molecule has 27 heavy (non-hydrogen) atoms. The number of amides is 1. The number of nitrogens with one attached hydrogen (secondary N) is 2. The number of carbonyl (C=O) groups excluding carboxylic acids is 1. The molecule has 2 rings (SSSR count). The SMILES string of the molecule is CN=C(NCCNC(=O)c1cccnc1)N1CCC(OCCCOC)CC1. The lowest BCUT2D eigenvalue weighted by atomic mass is 10.1. The molecule has 0 aliphatic carbocycles. The minimum atomic E-state index is -0.119. The van der Waals surface area contributed by atoms with Crippen molar-refractivity contribution in [3.63, 3.8) is 0 Å². The Morgan fingerprint density at radius 1 is 1.30 bits per heavy atom. The summed E-state index contributed by atoms with van der Waals surface area (Å²) in [6.07, 6.45) is 6.44. The summed E-state index contributed by atoms with van der Waals surface area (Å²) in [5.74, 6) is 0.745. The molecule has 0 bridgehead atoms. The van der Waals surface area contributed by atoms with E-state index < -0.39 is 0 Å². The Morgan fingerprint density at radius 2 is 2.07 bits per heavy atom. The zero-order valence-corrected chi connectivity index (χ0v) is 16.3. The largest absolute Gasteiger partial charge is 0.385 e. The first-order valence-corrected chi connectivity index (χ1v) is 9.49. The number of hydrogen-bond acceptors (Lipinski definition) is 5. The molecule has 0 saturated carbocycles. The topological polar surface area (TPSA) is 88.1 Å². The Kier molecular flexibility index (Phi) is 9.57. The summed E-state index contributed by atoms with van der Waals surface area (Å²) in [7, 11) is 3.49. The fourth-order valence-electron chi connectivity index (χ4n) is 2.97. The Bertz CT molecular complexity index is 574. The highest BCUT2D eigenvalue weighted by molar-refractivity contribution is 5.93. The van der Waals surface area contributed by atoms with Gasteiger partial charge in [0.1, 0.15) is 0 Å². The van der Waals surface area contributed by atoms with E-state index in [1.807, 2.05) is 0 Å². The van der Waals surface area contributed by atoms with Crippen molar-refractivity contribution in [2.24, 2.45) is 4.99 Å². The number of aliphatic imine (C=N–C) groups is 1. The first-order valence-electron chi connectivity index (χ1n) is 9.49. The fourth-order valence-corrected chi connectivity index (χ4v) is 2.97. The van der Waals surface area contributed by atoms with Crippen LogP contribution >= 0.6 is 0 Å². The normalized spacial score (nSPS) is 15.6. The molecule has 2 N–H and O–H groups in total. The van der Waals surface area contributed by atoms with E-state index in [1.54, 1.807) is 38.7 Å². The first-order chi connectivity index (χ1) is 13.2. The Labute approximate surface area is 161 Å². The third-order valence-electron chi connectivity index (χ3n) is 4.42. The number of piperidine rings is 1. The van der Waals surface area contributed by atoms with Crippen LogP contribution in [0.1, 0.15) is 29.6 Å². The molecule has 150 valence electrons. The lowest BCUT2D eigenvalue weighted by molar-refractivity contribution is 0.00991. The van der Waals surface area contributed by atoms with Crippen molar-refractivity contribution in [3.8, 4) is 0 Å². The first kappa shape index (κ1) is 21.1. The van der Waals surface area contributed by atoms with Crippen molar-refractivity contribution < 1.29 is 14.3 Å². The van der Waals surface area contributed by atoms with Crippen LogP contribution in [0.2, 0.25) is 0 Å². The molecule has 1 saturated heterocycles. The molecule has 0 unspecified atom stereocenters. The van der Waals surface area contributed by atoms with Crippen LogP contribution in [-0.4, -0.2) is 81.4 Å². The predicted octanol–water partition coefficient (Wildman–Crippen LogP) is 0.904. The maximum absolute atomic E-state index is 12.0. The molecule has 8 heteroatoms. The molecular formula is C19H31N5O3. The number of aromatic nitrogens is 1. The van der Waals surface area contributed by atoms with Gasteiger partial charge in [0, 0.05) is 65.9 Å². The average Bonchev–Trinajstić information content (AvgIpc) is 2.72. The smallest absolute Gasteiger partial charge is 0.252 e. The summed E-state index contributed by atoms with van der Waals surface area (Å²) >= 11 is 0. The van der Waals surface area contributed by atoms with Gasteiger partial charge in [-0.15, -0.1) is 0 Å². The van der Waals surface area contributed by atoms with Gasteiger partial charge < -0.3 is 25.0 Å². The minimum absolute atomic E-state index is 0.119. The van der Waals surface area contributed by atoms with E-state index in [4.69, 9.17) is 9.47 Å². The van der Waals surface area contributed by atoms with E-state index in [0.29, 0.717) is 24.8 Å². The maximum atomic E-state index is 12.0. The highest BCUT2D eigenvalue weighted by Gasteiger charge is 2.21. The number of ether oxygens (including phenoxy) is 2. The number of pyridine rings is 1. The number of methoxy groups -OCH3 is 1. The number of guanidine groups is 1. The summed E-state index contributed by atoms with van der Waals surface area (Å²) < 4.78 is 10.9. The Hall–Kier alpha value is -2.19. The quantitative estimate of drug-likeness (QED) is 0.378. The molecule has 1 aliphatic heterocycles. The van der Waals surface area contributed by atoms with Gasteiger partial charge in [0.2, 0.25) is 0 Å². The van der Waals surface area contributed by atoms with Crippen LogP contribution in [0, 0.1) is 0 Å². The number of carbonyl (C=O) groups is 1. The van der Waals surface area contributed by atoms with Crippen molar-refractivity contribution >= 4 is 11.9 Å². The number of hydrogen-bond donors (Lipinski definition) is 2. The second-order valence-corrected chi connectivity index (χ2v) is 6.38. The van der Waals surface area contributed by atoms with Gasteiger partial charge in [0.25, 0.3) is 5.91 Å². The van der Waals surface area contributed by atoms with Gasteiger partial charge in [0.05, 0.1) is 11.7 Å². The zero-order valence-electron chi connectivity index (χ0n) is 16.3. The third-order valence-corrected chi connectivity index (χ3v) is 4.42. The summed E-state index contributed by atoms with van der Waals surface area (Å²) in [4.78, 5) is 22.5. The van der Waals surface area contributed by atoms with Crippen LogP contribution < -0.4 is 10.6 Å². The fraction of sp³-hybridized carbons (Fsp3) is 0.632. The summed E-state index contributed by atoms with van der Waals surface area (Å²) in [6, 6.07) is 3.50. The molecular weight excluding hydrogens is 346 g/mol. The molecule has 0 atom stereocenters. The van der Waals surface area contributed by atoms with Crippen LogP contribution in [0.5, 0.6) is 0 Å². The summed E-state index contributed by atoms with van der Waals surface area (Å²) in [5, 5.41) is 6.19. The van der Waals surface area contributed by atoms with Crippen molar-refractivity contribution in [3.05, 3.63) is 30.1 Å². The number of nitrogens with zero attached hydrogens (tertiary/aromatic N) is 3. The second kappa shape index (κ2) is 12.2. The standard InChI is InChI=1S/C19H31N5O3/c1-20-19(23-10-9-22-18(25)16-5-3-8-21-15-16)24-11-6-17(7-12-24)27-14-4-13-26-2/h3,5,8,15,17H,4,6-7,9-14H2,1-2H3,(H,20,23)(H,22,25). The second-order valence-electron chi connectivity index (χ2n) is 6.38. The Morgan fingerprint density at radius 3 is 2.74 bits per heavy atom. The molecule has 1 fully saturated rings. The number of likely N-dealkylation sites (tertiary alicyclic amines) is 1. The van der Waals surface area contributed by atoms with Crippen molar-refractivity contribution in [1.29, 1.82) is 0 Å². The number of rotatable bonds is 9. The lowest BCUT2D eigenvalue weighted by Crippen LogP contribution is -2.48. The van der Waals surface area contributed by atoms with E-state index in [2.05, 4.69) is 25.5 Å². The van der Waals surface area contributed by atoms with E-state index in [1.165, 1.54) is 0 Å². The molecule has 2 heterocycles. The minimum Gasteiger partial charge on any atom is -0.385 e. The van der Waals surface area contributed by atoms with Crippen molar-refractivity contribution in [2.75, 3.05) is 53.6 Å². The van der Waals surface area contributed by atoms with Crippen molar-refractivity contribution in [2.45, 2.75) is 25.4 Å². The summed E-state index contributed by atoms with van der Waals surface area (Å²) in [5.41, 5.74) is 0.564. The van der Waals surface area contributed by atoms with E-state index >= 15 is 0 Å². The predicted molar refractivity (Wildman–Crippen MR) is 105 cm³/mol. The Balaban J connectivity index is 1.62. The monoisotopic (exact) mass is 377 g/mol. The molecule has 1 aromatic heterocycles. The highest BCUT2D eigenvalue weighted by atomic mass is 16.5. The van der Waals surface area contributed by atoms with Gasteiger partial charge in [-0.25, -0.2) is 0 Å². The molecule has 0 radical (unpaired) electrons. The van der Waals surface area contributed by atoms with Gasteiger partial charge in [0.15, 0.2) is 5.96 Å². The van der Waals surface area contributed by atoms with Gasteiger partial charge >= 0.3 is 0 Å². The van der Waals surface area contributed by atoms with E-state index in [9.17, 15) is 4.79 Å². The van der Waals surface area contributed by atoms with Crippen LogP contribution in [0.25, 0.3) is 0 Å². The molecule has 0 aromatic carbocycles. The van der Waals surface area contributed by atoms with Crippen molar-refractivity contribution in [1.82, 2.24) is 20.5 Å². The van der Waals surface area contributed by atoms with Gasteiger partial charge in [-0.05, 0) is 31.4 Å². The molecule has 1 aromatic rings. The van der Waals surface area contributed by atoms with Gasteiger partial charge in [-0.1, -0.05) is 0 Å². The molecule has 0 spiro atoms. The van der Waals surface area contributed by atoms with E-state index in [-0.39, 0.29) is 5.91 Å². The molecule has 1 aliphatic rings. The van der Waals surface area contributed by atoms with Crippen LogP contribution in [0.4, 0.5) is 0 Å². The average molecular weight is 377 g/mol. The lowest BCUT2D eigenvalue weighted by Gasteiger charge is -2.34. The summed E-state index contributed by atoms with van der Waals surface area (Å²) in [6.45, 7) is 4.46. The maximum Gasteiger partial charge on any atom is 0.252 e. The molecule has 1 amide bonds. The third kappa shape index (κ3) is 7.52. The van der Waals surface area contributed by atoms with Gasteiger partial charge in [-0.3, -0.25) is 14.8 Å². The highest BCUT2D eigenvalue weighted by Crippen LogP contribution is 2.14. The van der Waals surface area contributed by atoms with Crippen LogP contribution in [-0.2, 0) is 9.47 Å². The van der Waals surface area contributed by atoms with E-state index in [0.717, 1.165) is 51.5 Å². The van der Waals surface area contributed by atoms with Crippen LogP contribution in [0.15, 0.2) is 29.5 Å². The van der Waals surface area contributed by atoms with Gasteiger partial charge in [-0.2, -0.15) is 0 Å². The molecule has 8 nitrogen and oxygen atoms in total. The zero-order chi connectivity index (χ0) is 19.3. The van der Waals surface area contributed by atoms with Crippen LogP contribution in [0.3, 0.4) is 0 Å².